The molecule has 1 fully saturated rings. The summed E-state index contributed by atoms with van der Waals surface area (Å²) in [7, 11) is 1.43. The molecule has 1 heterocycles. The van der Waals surface area contributed by atoms with Crippen molar-refractivity contribution in [1.82, 2.24) is 4.90 Å². The normalized spacial score (nSPS) is 19.6. The van der Waals surface area contributed by atoms with Crippen molar-refractivity contribution >= 4 is 11.9 Å². The van der Waals surface area contributed by atoms with Gasteiger partial charge in [-0.15, -0.1) is 0 Å². The maximum Gasteiger partial charge on any atom is 0.309 e. The Bertz CT molecular complexity index is 484. The zero-order valence-electron chi connectivity index (χ0n) is 11.7. The third kappa shape index (κ3) is 3.57. The summed E-state index contributed by atoms with van der Waals surface area (Å²) in [4.78, 5) is 24.8. The van der Waals surface area contributed by atoms with E-state index in [4.69, 9.17) is 10.5 Å². The van der Waals surface area contributed by atoms with Crippen LogP contribution >= 0.6 is 0 Å². The monoisotopic (exact) mass is 276 g/mol. The summed E-state index contributed by atoms with van der Waals surface area (Å²) in [5.74, 6) is -0.572. The molecule has 1 aliphatic rings. The first-order valence-corrected chi connectivity index (χ1v) is 6.79. The Labute approximate surface area is 118 Å². The van der Waals surface area contributed by atoms with Gasteiger partial charge >= 0.3 is 5.97 Å². The van der Waals surface area contributed by atoms with E-state index >= 15 is 0 Å². The van der Waals surface area contributed by atoms with Crippen LogP contribution in [0.2, 0.25) is 0 Å². The molecule has 0 radical (unpaired) electrons. The van der Waals surface area contributed by atoms with Crippen LogP contribution in [0.25, 0.3) is 0 Å². The molecule has 1 amide bonds. The number of piperidine rings is 1. The average Bonchev–Trinajstić information content (AvgIpc) is 2.47. The molecule has 0 saturated carbocycles. The SMILES string of the molecule is COC(=O)C1CCCN(Cc2ccc(C(N)=O)cc2)C1. The number of primary amides is 1. The minimum absolute atomic E-state index is 0.0290. The summed E-state index contributed by atoms with van der Waals surface area (Å²) in [5, 5.41) is 0. The molecule has 2 N–H and O–H groups in total. The van der Waals surface area contributed by atoms with Crippen molar-refractivity contribution < 1.29 is 14.3 Å². The molecule has 1 saturated heterocycles. The van der Waals surface area contributed by atoms with Gasteiger partial charge in [-0.1, -0.05) is 12.1 Å². The third-order valence-electron chi connectivity index (χ3n) is 3.68. The number of nitrogens with two attached hydrogens (primary N) is 1. The number of amides is 1. The van der Waals surface area contributed by atoms with Gasteiger partial charge in [0.25, 0.3) is 0 Å². The van der Waals surface area contributed by atoms with Gasteiger partial charge in [0, 0.05) is 18.7 Å². The Morgan fingerprint density at radius 2 is 2.05 bits per heavy atom. The molecule has 1 atom stereocenters. The van der Waals surface area contributed by atoms with E-state index in [-0.39, 0.29) is 11.9 Å². The Balaban J connectivity index is 1.95. The maximum atomic E-state index is 11.6. The fourth-order valence-corrected chi connectivity index (χ4v) is 2.59. The van der Waals surface area contributed by atoms with Gasteiger partial charge < -0.3 is 10.5 Å². The molecule has 5 nitrogen and oxygen atoms in total. The predicted molar refractivity (Wildman–Crippen MR) is 75.0 cm³/mol. The van der Waals surface area contributed by atoms with E-state index < -0.39 is 5.91 Å². The molecule has 1 unspecified atom stereocenters. The molecule has 20 heavy (non-hydrogen) atoms. The number of nitrogens with zero attached hydrogens (tertiary/aromatic N) is 1. The lowest BCUT2D eigenvalue weighted by molar-refractivity contribution is -0.147. The van der Waals surface area contributed by atoms with Gasteiger partial charge in [0.1, 0.15) is 0 Å². The summed E-state index contributed by atoms with van der Waals surface area (Å²) >= 11 is 0. The molecule has 2 rings (SSSR count). The first-order valence-electron chi connectivity index (χ1n) is 6.79. The third-order valence-corrected chi connectivity index (χ3v) is 3.68. The first-order chi connectivity index (χ1) is 9.60. The summed E-state index contributed by atoms with van der Waals surface area (Å²) in [5.41, 5.74) is 6.84. The molecule has 0 aliphatic carbocycles. The van der Waals surface area contributed by atoms with Gasteiger partial charge in [0.2, 0.25) is 5.91 Å². The maximum absolute atomic E-state index is 11.6. The van der Waals surface area contributed by atoms with Crippen LogP contribution in [0.4, 0.5) is 0 Å². The summed E-state index contributed by atoms with van der Waals surface area (Å²) in [6, 6.07) is 7.28. The molecule has 0 spiro atoms. The van der Waals surface area contributed by atoms with Crippen LogP contribution in [-0.4, -0.2) is 37.0 Å². The highest BCUT2D eigenvalue weighted by molar-refractivity contribution is 5.92. The van der Waals surface area contributed by atoms with Crippen LogP contribution in [0.15, 0.2) is 24.3 Å². The lowest BCUT2D eigenvalue weighted by Gasteiger charge is -2.31. The lowest BCUT2D eigenvalue weighted by Crippen LogP contribution is -2.38. The molecule has 1 aromatic rings. The number of carbonyl (C=O) groups excluding carboxylic acids is 2. The van der Waals surface area contributed by atoms with E-state index in [1.54, 1.807) is 12.1 Å². The van der Waals surface area contributed by atoms with Crippen LogP contribution in [0.1, 0.15) is 28.8 Å². The van der Waals surface area contributed by atoms with Crippen molar-refractivity contribution in [2.24, 2.45) is 11.7 Å². The molecular formula is C15H20N2O3. The number of rotatable bonds is 4. The van der Waals surface area contributed by atoms with Crippen molar-refractivity contribution in [1.29, 1.82) is 0 Å². The number of methoxy groups -OCH3 is 1. The molecule has 108 valence electrons. The van der Waals surface area contributed by atoms with Crippen molar-refractivity contribution in [3.63, 3.8) is 0 Å². The highest BCUT2D eigenvalue weighted by Crippen LogP contribution is 2.19. The van der Waals surface area contributed by atoms with Gasteiger partial charge in [-0.3, -0.25) is 14.5 Å². The minimum Gasteiger partial charge on any atom is -0.469 e. The molecule has 1 aromatic carbocycles. The van der Waals surface area contributed by atoms with Crippen molar-refractivity contribution in [2.75, 3.05) is 20.2 Å². The van der Waals surface area contributed by atoms with Crippen LogP contribution < -0.4 is 5.73 Å². The number of benzene rings is 1. The summed E-state index contributed by atoms with van der Waals surface area (Å²) in [6.07, 6.45) is 1.89. The zero-order valence-corrected chi connectivity index (χ0v) is 11.7. The Kier molecular flexibility index (Phi) is 4.74. The second-order valence-corrected chi connectivity index (χ2v) is 5.16. The number of ether oxygens (including phenoxy) is 1. The topological polar surface area (TPSA) is 72.6 Å². The molecule has 0 bridgehead atoms. The van der Waals surface area contributed by atoms with Crippen LogP contribution in [0.3, 0.4) is 0 Å². The van der Waals surface area contributed by atoms with Gasteiger partial charge in [-0.25, -0.2) is 0 Å². The van der Waals surface area contributed by atoms with Crippen LogP contribution in [0, 0.1) is 5.92 Å². The number of carbonyl (C=O) groups is 2. The first kappa shape index (κ1) is 14.5. The van der Waals surface area contributed by atoms with Crippen LogP contribution in [0.5, 0.6) is 0 Å². The largest absolute Gasteiger partial charge is 0.469 e. The predicted octanol–water partition coefficient (Wildman–Crippen LogP) is 1.17. The number of likely N-dealkylation sites (tertiary alicyclic amines) is 1. The number of hydrogen-bond donors (Lipinski definition) is 1. The fraction of sp³-hybridized carbons (Fsp3) is 0.467. The Hall–Kier alpha value is -1.88. The second kappa shape index (κ2) is 6.52. The molecule has 1 aliphatic heterocycles. The zero-order chi connectivity index (χ0) is 14.5. The van der Waals surface area contributed by atoms with E-state index in [0.29, 0.717) is 5.56 Å². The van der Waals surface area contributed by atoms with E-state index in [0.717, 1.165) is 38.0 Å². The second-order valence-electron chi connectivity index (χ2n) is 5.16. The van der Waals surface area contributed by atoms with Crippen molar-refractivity contribution in [3.05, 3.63) is 35.4 Å². The van der Waals surface area contributed by atoms with E-state index in [1.807, 2.05) is 12.1 Å². The minimum atomic E-state index is -0.416. The molecular weight excluding hydrogens is 256 g/mol. The van der Waals surface area contributed by atoms with E-state index in [1.165, 1.54) is 7.11 Å². The number of esters is 1. The van der Waals surface area contributed by atoms with E-state index in [2.05, 4.69) is 4.90 Å². The highest BCUT2D eigenvalue weighted by Gasteiger charge is 2.26. The fourth-order valence-electron chi connectivity index (χ4n) is 2.59. The Morgan fingerprint density at radius 1 is 1.35 bits per heavy atom. The van der Waals surface area contributed by atoms with Gasteiger partial charge in [0.05, 0.1) is 13.0 Å². The summed E-state index contributed by atoms with van der Waals surface area (Å²) in [6.45, 7) is 2.47. The van der Waals surface area contributed by atoms with Crippen molar-refractivity contribution in [3.8, 4) is 0 Å². The summed E-state index contributed by atoms with van der Waals surface area (Å²) < 4.78 is 4.81. The average molecular weight is 276 g/mol. The smallest absolute Gasteiger partial charge is 0.309 e. The van der Waals surface area contributed by atoms with Gasteiger partial charge in [0.15, 0.2) is 0 Å². The lowest BCUT2D eigenvalue weighted by atomic mass is 9.97. The van der Waals surface area contributed by atoms with Gasteiger partial charge in [-0.05, 0) is 37.1 Å². The standard InChI is InChI=1S/C15H20N2O3/c1-20-15(19)13-3-2-8-17(10-13)9-11-4-6-12(7-5-11)14(16)18/h4-7,13H,2-3,8-10H2,1H3,(H2,16,18). The van der Waals surface area contributed by atoms with E-state index in [9.17, 15) is 9.59 Å². The highest BCUT2D eigenvalue weighted by atomic mass is 16.5. The van der Waals surface area contributed by atoms with Crippen molar-refractivity contribution in [2.45, 2.75) is 19.4 Å². The quantitative estimate of drug-likeness (QED) is 0.838. The molecule has 5 heteroatoms. The van der Waals surface area contributed by atoms with Crippen LogP contribution in [-0.2, 0) is 16.1 Å². The van der Waals surface area contributed by atoms with Gasteiger partial charge in [-0.2, -0.15) is 0 Å². The molecule has 0 aromatic heterocycles. The number of hydrogen-bond acceptors (Lipinski definition) is 4. The Morgan fingerprint density at radius 3 is 2.65 bits per heavy atom.